The SMILES string of the molecule is Cc1ccc(-c2cc(C(=O)CC(C)c3ccccn3)cc(C3=NOC(c4ccccn4)C3)c2)c(F)c1. The lowest BCUT2D eigenvalue weighted by Gasteiger charge is -2.13. The number of carbonyl (C=O) groups is 1. The molecule has 0 N–H and O–H groups in total. The van der Waals surface area contributed by atoms with Crippen molar-refractivity contribution in [3.63, 3.8) is 0 Å². The fourth-order valence-electron chi connectivity index (χ4n) is 4.41. The molecule has 0 saturated carbocycles. The zero-order chi connectivity index (χ0) is 25.1. The molecule has 4 aromatic rings. The number of hydrogen-bond acceptors (Lipinski definition) is 5. The number of pyridine rings is 2. The zero-order valence-corrected chi connectivity index (χ0v) is 20.2. The number of hydrogen-bond donors (Lipinski definition) is 0. The van der Waals surface area contributed by atoms with Gasteiger partial charge in [0.1, 0.15) is 5.82 Å². The van der Waals surface area contributed by atoms with Crippen molar-refractivity contribution in [1.82, 2.24) is 9.97 Å². The number of Topliss-reactive ketones (excluding diaryl/α,β-unsaturated/α-hetero) is 1. The van der Waals surface area contributed by atoms with Crippen LogP contribution in [0.4, 0.5) is 4.39 Å². The van der Waals surface area contributed by atoms with Crippen molar-refractivity contribution in [1.29, 1.82) is 0 Å². The fraction of sp³-hybridized carbons (Fsp3) is 0.200. The molecule has 0 fully saturated rings. The average molecular weight is 480 g/mol. The minimum Gasteiger partial charge on any atom is -0.385 e. The normalized spacial score (nSPS) is 15.8. The highest BCUT2D eigenvalue weighted by Gasteiger charge is 2.26. The van der Waals surface area contributed by atoms with Gasteiger partial charge in [-0.05, 0) is 66.6 Å². The zero-order valence-electron chi connectivity index (χ0n) is 20.2. The molecule has 0 radical (unpaired) electrons. The van der Waals surface area contributed by atoms with Crippen LogP contribution < -0.4 is 0 Å². The summed E-state index contributed by atoms with van der Waals surface area (Å²) < 4.78 is 14.9. The summed E-state index contributed by atoms with van der Waals surface area (Å²) in [5, 5.41) is 4.31. The number of oxime groups is 1. The maximum absolute atomic E-state index is 14.9. The largest absolute Gasteiger partial charge is 0.385 e. The smallest absolute Gasteiger partial charge is 0.174 e. The lowest BCUT2D eigenvalue weighted by atomic mass is 9.91. The number of aryl methyl sites for hydroxylation is 1. The van der Waals surface area contributed by atoms with Crippen molar-refractivity contribution in [3.8, 4) is 11.1 Å². The Labute approximate surface area is 209 Å². The van der Waals surface area contributed by atoms with Gasteiger partial charge in [0, 0.05) is 53.5 Å². The number of nitrogens with zero attached hydrogens (tertiary/aromatic N) is 3. The monoisotopic (exact) mass is 479 g/mol. The maximum atomic E-state index is 14.9. The number of aromatic nitrogens is 2. The van der Waals surface area contributed by atoms with Crippen LogP contribution in [0.15, 0.2) is 90.3 Å². The molecule has 0 spiro atoms. The Morgan fingerprint density at radius 3 is 2.50 bits per heavy atom. The van der Waals surface area contributed by atoms with Gasteiger partial charge in [0.2, 0.25) is 0 Å². The van der Waals surface area contributed by atoms with E-state index in [0.29, 0.717) is 28.8 Å². The Bertz CT molecular complexity index is 1420. The van der Waals surface area contributed by atoms with Gasteiger partial charge in [-0.3, -0.25) is 14.8 Å². The summed E-state index contributed by atoms with van der Waals surface area (Å²) in [7, 11) is 0. The van der Waals surface area contributed by atoms with Crippen LogP contribution in [0.25, 0.3) is 11.1 Å². The second kappa shape index (κ2) is 10.2. The maximum Gasteiger partial charge on any atom is 0.174 e. The van der Waals surface area contributed by atoms with E-state index >= 15 is 0 Å². The van der Waals surface area contributed by atoms with E-state index in [1.165, 1.54) is 6.07 Å². The number of rotatable bonds is 7. The van der Waals surface area contributed by atoms with Gasteiger partial charge in [0.05, 0.1) is 11.4 Å². The molecule has 36 heavy (non-hydrogen) atoms. The fourth-order valence-corrected chi connectivity index (χ4v) is 4.41. The lowest BCUT2D eigenvalue weighted by molar-refractivity contribution is 0.0826. The molecule has 0 bridgehead atoms. The van der Waals surface area contributed by atoms with Crippen LogP contribution in [0.3, 0.4) is 0 Å². The molecular formula is C30H26FN3O2. The quantitative estimate of drug-likeness (QED) is 0.272. The van der Waals surface area contributed by atoms with Gasteiger partial charge in [0.25, 0.3) is 0 Å². The molecule has 0 amide bonds. The molecule has 0 aliphatic carbocycles. The predicted octanol–water partition coefficient (Wildman–Crippen LogP) is 6.83. The van der Waals surface area contributed by atoms with Crippen molar-refractivity contribution in [3.05, 3.63) is 119 Å². The van der Waals surface area contributed by atoms with Crippen molar-refractivity contribution in [2.75, 3.05) is 0 Å². The van der Waals surface area contributed by atoms with Gasteiger partial charge in [-0.15, -0.1) is 0 Å². The summed E-state index contributed by atoms with van der Waals surface area (Å²) >= 11 is 0. The van der Waals surface area contributed by atoms with Crippen LogP contribution in [-0.2, 0) is 4.84 Å². The third kappa shape index (κ3) is 5.08. The molecule has 2 unspecified atom stereocenters. The van der Waals surface area contributed by atoms with Crippen LogP contribution in [0.5, 0.6) is 0 Å². The first kappa shape index (κ1) is 23.5. The Morgan fingerprint density at radius 2 is 1.78 bits per heavy atom. The van der Waals surface area contributed by atoms with Crippen LogP contribution in [0.1, 0.15) is 64.7 Å². The minimum atomic E-state index is -0.330. The molecule has 5 rings (SSSR count). The van der Waals surface area contributed by atoms with Crippen molar-refractivity contribution in [2.24, 2.45) is 5.16 Å². The van der Waals surface area contributed by atoms with Gasteiger partial charge >= 0.3 is 0 Å². The Balaban J connectivity index is 1.49. The van der Waals surface area contributed by atoms with Gasteiger partial charge in [-0.1, -0.05) is 36.3 Å². The molecule has 1 aliphatic rings. The average Bonchev–Trinajstić information content (AvgIpc) is 3.40. The van der Waals surface area contributed by atoms with E-state index in [1.807, 2.05) is 68.4 Å². The third-order valence-electron chi connectivity index (χ3n) is 6.39. The summed E-state index contributed by atoms with van der Waals surface area (Å²) in [5.74, 6) is -0.421. The van der Waals surface area contributed by atoms with Crippen LogP contribution in [0, 0.1) is 12.7 Å². The summed E-state index contributed by atoms with van der Waals surface area (Å²) in [6, 6.07) is 21.9. The topological polar surface area (TPSA) is 64.4 Å². The molecule has 2 aromatic heterocycles. The van der Waals surface area contributed by atoms with Gasteiger partial charge < -0.3 is 4.84 Å². The van der Waals surface area contributed by atoms with Crippen molar-refractivity contribution >= 4 is 11.5 Å². The number of ketones is 1. The molecule has 1 aliphatic heterocycles. The van der Waals surface area contributed by atoms with Gasteiger partial charge in [-0.25, -0.2) is 4.39 Å². The van der Waals surface area contributed by atoms with E-state index in [1.54, 1.807) is 24.5 Å². The molecule has 6 heteroatoms. The highest BCUT2D eigenvalue weighted by Crippen LogP contribution is 2.32. The molecule has 2 atom stereocenters. The summed E-state index contributed by atoms with van der Waals surface area (Å²) in [4.78, 5) is 27.8. The first-order valence-corrected chi connectivity index (χ1v) is 12.0. The van der Waals surface area contributed by atoms with Crippen molar-refractivity contribution in [2.45, 2.75) is 38.7 Å². The first-order valence-electron chi connectivity index (χ1n) is 12.0. The molecule has 0 saturated heterocycles. The van der Waals surface area contributed by atoms with E-state index < -0.39 is 0 Å². The molecule has 2 aromatic carbocycles. The molecule has 180 valence electrons. The van der Waals surface area contributed by atoms with E-state index in [2.05, 4.69) is 15.1 Å². The second-order valence-corrected chi connectivity index (χ2v) is 9.16. The van der Waals surface area contributed by atoms with E-state index in [-0.39, 0.29) is 30.0 Å². The third-order valence-corrected chi connectivity index (χ3v) is 6.39. The standard InChI is InChI=1S/C30H26FN3O2/c1-19-9-10-24(25(31)13-19)21-15-22(28-18-30(36-34-28)27-8-4-6-12-33-27)17-23(16-21)29(35)14-20(2)26-7-3-5-11-32-26/h3-13,15-17,20,30H,14,18H2,1-2H3. The predicted molar refractivity (Wildman–Crippen MR) is 137 cm³/mol. The molecule has 3 heterocycles. The van der Waals surface area contributed by atoms with Gasteiger partial charge in [0.15, 0.2) is 11.9 Å². The highest BCUT2D eigenvalue weighted by molar-refractivity contribution is 6.06. The highest BCUT2D eigenvalue weighted by atomic mass is 19.1. The minimum absolute atomic E-state index is 0.0374. The van der Waals surface area contributed by atoms with Crippen molar-refractivity contribution < 1.29 is 14.0 Å². The molecular weight excluding hydrogens is 453 g/mol. The van der Waals surface area contributed by atoms with Crippen LogP contribution in [0.2, 0.25) is 0 Å². The van der Waals surface area contributed by atoms with Crippen LogP contribution >= 0.6 is 0 Å². The summed E-state index contributed by atoms with van der Waals surface area (Å²) in [5.41, 5.74) is 5.49. The lowest BCUT2D eigenvalue weighted by Crippen LogP contribution is -2.09. The van der Waals surface area contributed by atoms with E-state index in [9.17, 15) is 9.18 Å². The number of halogens is 1. The Hall–Kier alpha value is -4.19. The number of benzene rings is 2. The summed E-state index contributed by atoms with van der Waals surface area (Å²) in [6.45, 7) is 3.83. The summed E-state index contributed by atoms with van der Waals surface area (Å²) in [6.07, 6.45) is 3.94. The Kier molecular flexibility index (Phi) is 6.67. The van der Waals surface area contributed by atoms with E-state index in [0.717, 1.165) is 22.5 Å². The second-order valence-electron chi connectivity index (χ2n) is 9.16. The number of carbonyl (C=O) groups excluding carboxylic acids is 1. The van der Waals surface area contributed by atoms with Crippen LogP contribution in [-0.4, -0.2) is 21.5 Å². The first-order chi connectivity index (χ1) is 17.5. The molecule has 5 nitrogen and oxygen atoms in total. The van der Waals surface area contributed by atoms with Gasteiger partial charge in [-0.2, -0.15) is 0 Å². The van der Waals surface area contributed by atoms with E-state index in [4.69, 9.17) is 4.84 Å². The Morgan fingerprint density at radius 1 is 1.00 bits per heavy atom.